The molecule has 0 unspecified atom stereocenters. The molecule has 1 aromatic heterocycles. The number of hydrogen-bond donors (Lipinski definition) is 0. The summed E-state index contributed by atoms with van der Waals surface area (Å²) in [5.74, 6) is -0.474. The van der Waals surface area contributed by atoms with Crippen LogP contribution in [0, 0.1) is 5.82 Å². The molecule has 1 heterocycles. The van der Waals surface area contributed by atoms with Gasteiger partial charge >= 0.3 is 0 Å². The van der Waals surface area contributed by atoms with Crippen molar-refractivity contribution >= 4 is 28.8 Å². The van der Waals surface area contributed by atoms with Crippen molar-refractivity contribution in [2.45, 2.75) is 31.8 Å². The highest BCUT2D eigenvalue weighted by atomic mass is 35.5. The number of benzene rings is 1. The van der Waals surface area contributed by atoms with E-state index in [4.69, 9.17) is 11.6 Å². The fourth-order valence-electron chi connectivity index (χ4n) is 2.34. The summed E-state index contributed by atoms with van der Waals surface area (Å²) in [5, 5.41) is 4.35. The highest BCUT2D eigenvalue weighted by molar-refractivity contribution is 7.07. The third-order valence-electron chi connectivity index (χ3n) is 3.63. The van der Waals surface area contributed by atoms with Gasteiger partial charge in [-0.15, -0.1) is 0 Å². The lowest BCUT2D eigenvalue weighted by Gasteiger charge is -2.22. The number of halogens is 2. The van der Waals surface area contributed by atoms with E-state index in [0.29, 0.717) is 23.2 Å². The van der Waals surface area contributed by atoms with Gasteiger partial charge in [-0.05, 0) is 47.4 Å². The zero-order valence-electron chi connectivity index (χ0n) is 11.4. The van der Waals surface area contributed by atoms with E-state index in [1.54, 1.807) is 23.5 Å². The van der Waals surface area contributed by atoms with E-state index in [1.165, 1.54) is 6.07 Å². The van der Waals surface area contributed by atoms with E-state index >= 15 is 0 Å². The van der Waals surface area contributed by atoms with Crippen molar-refractivity contribution in [2.24, 2.45) is 0 Å². The van der Waals surface area contributed by atoms with Gasteiger partial charge < -0.3 is 4.90 Å². The van der Waals surface area contributed by atoms with Crippen LogP contribution in [-0.2, 0) is 17.8 Å². The van der Waals surface area contributed by atoms with Crippen molar-refractivity contribution in [1.82, 2.24) is 4.90 Å². The first-order chi connectivity index (χ1) is 10.1. The summed E-state index contributed by atoms with van der Waals surface area (Å²) in [6, 6.07) is 6.82. The van der Waals surface area contributed by atoms with Gasteiger partial charge in [0.25, 0.3) is 0 Å². The molecule has 5 heteroatoms. The molecule has 0 radical (unpaired) electrons. The normalized spacial score (nSPS) is 14.2. The molecule has 3 rings (SSSR count). The van der Waals surface area contributed by atoms with Gasteiger partial charge in [0.2, 0.25) is 5.91 Å². The molecule has 1 aliphatic rings. The SMILES string of the molecule is O=C(Cc1c(F)cccc1Cl)N(Cc1ccsc1)C1CC1. The summed E-state index contributed by atoms with van der Waals surface area (Å²) in [4.78, 5) is 14.4. The molecule has 1 saturated carbocycles. The van der Waals surface area contributed by atoms with Crippen LogP contribution in [0.25, 0.3) is 0 Å². The molecule has 0 atom stereocenters. The maximum atomic E-state index is 13.8. The topological polar surface area (TPSA) is 20.3 Å². The van der Waals surface area contributed by atoms with Crippen LogP contribution in [0.15, 0.2) is 35.0 Å². The van der Waals surface area contributed by atoms with Crippen molar-refractivity contribution in [3.05, 3.63) is 57.0 Å². The monoisotopic (exact) mass is 323 g/mol. The molecule has 0 bridgehead atoms. The van der Waals surface area contributed by atoms with Crippen LogP contribution in [0.5, 0.6) is 0 Å². The molecular weight excluding hydrogens is 309 g/mol. The first-order valence-electron chi connectivity index (χ1n) is 6.88. The fourth-order valence-corrected chi connectivity index (χ4v) is 3.23. The minimum absolute atomic E-state index is 0.0200. The van der Waals surface area contributed by atoms with Gasteiger partial charge in [-0.1, -0.05) is 17.7 Å². The summed E-state index contributed by atoms with van der Waals surface area (Å²) in [6.45, 7) is 0.596. The molecule has 2 aromatic rings. The second-order valence-corrected chi connectivity index (χ2v) is 6.45. The minimum atomic E-state index is -0.415. The predicted octanol–water partition coefficient (Wildman–Crippen LogP) is 4.27. The van der Waals surface area contributed by atoms with Gasteiger partial charge in [0.05, 0.1) is 6.42 Å². The van der Waals surface area contributed by atoms with Gasteiger partial charge in [0, 0.05) is 23.2 Å². The molecule has 0 spiro atoms. The summed E-state index contributed by atoms with van der Waals surface area (Å²) in [5.41, 5.74) is 1.42. The number of nitrogens with zero attached hydrogens (tertiary/aromatic N) is 1. The van der Waals surface area contributed by atoms with E-state index in [2.05, 4.69) is 0 Å². The Morgan fingerprint density at radius 3 is 2.81 bits per heavy atom. The van der Waals surface area contributed by atoms with Crippen LogP contribution in [0.3, 0.4) is 0 Å². The Kier molecular flexibility index (Phi) is 4.27. The predicted molar refractivity (Wildman–Crippen MR) is 83.0 cm³/mol. The molecular formula is C16H15ClFNOS. The molecule has 0 saturated heterocycles. The average molecular weight is 324 g/mol. The lowest BCUT2D eigenvalue weighted by Crippen LogP contribution is -2.33. The van der Waals surface area contributed by atoms with Crippen molar-refractivity contribution in [3.8, 4) is 0 Å². The van der Waals surface area contributed by atoms with Crippen molar-refractivity contribution in [3.63, 3.8) is 0 Å². The van der Waals surface area contributed by atoms with Crippen LogP contribution >= 0.6 is 22.9 Å². The molecule has 2 nitrogen and oxygen atoms in total. The molecule has 1 amide bonds. The average Bonchev–Trinajstić information content (AvgIpc) is 3.17. The first kappa shape index (κ1) is 14.5. The molecule has 1 aromatic carbocycles. The maximum absolute atomic E-state index is 13.8. The van der Waals surface area contributed by atoms with E-state index in [-0.39, 0.29) is 12.3 Å². The molecule has 1 fully saturated rings. The lowest BCUT2D eigenvalue weighted by molar-refractivity contribution is -0.131. The quantitative estimate of drug-likeness (QED) is 0.804. The van der Waals surface area contributed by atoms with E-state index in [1.807, 2.05) is 21.7 Å². The van der Waals surface area contributed by atoms with E-state index in [9.17, 15) is 9.18 Å². The maximum Gasteiger partial charge on any atom is 0.227 e. The smallest absolute Gasteiger partial charge is 0.227 e. The van der Waals surface area contributed by atoms with Crippen molar-refractivity contribution in [2.75, 3.05) is 0 Å². The van der Waals surface area contributed by atoms with Gasteiger partial charge in [0.1, 0.15) is 5.82 Å². The first-order valence-corrected chi connectivity index (χ1v) is 8.20. The summed E-state index contributed by atoms with van der Waals surface area (Å²) < 4.78 is 13.8. The number of carbonyl (C=O) groups is 1. The Morgan fingerprint density at radius 2 is 2.19 bits per heavy atom. The second-order valence-electron chi connectivity index (χ2n) is 5.26. The second kappa shape index (κ2) is 6.16. The molecule has 0 N–H and O–H groups in total. The zero-order valence-corrected chi connectivity index (χ0v) is 13.0. The number of amides is 1. The third-order valence-corrected chi connectivity index (χ3v) is 4.72. The Hall–Kier alpha value is -1.39. The standard InChI is InChI=1S/C16H15ClFNOS/c17-14-2-1-3-15(18)13(14)8-16(20)19(12-4-5-12)9-11-6-7-21-10-11/h1-3,6-7,10,12H,4-5,8-9H2. The highest BCUT2D eigenvalue weighted by Crippen LogP contribution is 2.30. The van der Waals surface area contributed by atoms with Crippen molar-refractivity contribution < 1.29 is 9.18 Å². The van der Waals surface area contributed by atoms with Crippen molar-refractivity contribution in [1.29, 1.82) is 0 Å². The molecule has 0 aliphatic heterocycles. The molecule has 110 valence electrons. The van der Waals surface area contributed by atoms with E-state index in [0.717, 1.165) is 18.4 Å². The number of carbonyl (C=O) groups excluding carboxylic acids is 1. The Labute approximate surface area is 132 Å². The number of hydrogen-bond acceptors (Lipinski definition) is 2. The summed E-state index contributed by atoms with van der Waals surface area (Å²) in [6.07, 6.45) is 2.08. The number of thiophene rings is 1. The van der Waals surface area contributed by atoms with E-state index < -0.39 is 5.82 Å². The number of rotatable bonds is 5. The lowest BCUT2D eigenvalue weighted by atomic mass is 10.1. The van der Waals surface area contributed by atoms with Gasteiger partial charge in [0.15, 0.2) is 0 Å². The Bertz CT molecular complexity index is 619. The largest absolute Gasteiger partial charge is 0.335 e. The molecule has 1 aliphatic carbocycles. The third kappa shape index (κ3) is 3.44. The van der Waals surface area contributed by atoms with Crippen LogP contribution in [0.1, 0.15) is 24.0 Å². The fraction of sp³-hybridized carbons (Fsp3) is 0.312. The van der Waals surface area contributed by atoms with Crippen LogP contribution in [0.4, 0.5) is 4.39 Å². The van der Waals surface area contributed by atoms with Crippen LogP contribution in [0.2, 0.25) is 5.02 Å². The highest BCUT2D eigenvalue weighted by Gasteiger charge is 2.33. The Balaban J connectivity index is 1.75. The van der Waals surface area contributed by atoms with Crippen LogP contribution in [-0.4, -0.2) is 16.8 Å². The Morgan fingerprint density at radius 1 is 1.38 bits per heavy atom. The van der Waals surface area contributed by atoms with Gasteiger partial charge in [-0.2, -0.15) is 11.3 Å². The van der Waals surface area contributed by atoms with Gasteiger partial charge in [-0.3, -0.25) is 4.79 Å². The summed E-state index contributed by atoms with van der Waals surface area (Å²) in [7, 11) is 0. The zero-order chi connectivity index (χ0) is 14.8. The minimum Gasteiger partial charge on any atom is -0.335 e. The summed E-state index contributed by atoms with van der Waals surface area (Å²) >= 11 is 7.62. The van der Waals surface area contributed by atoms with Crippen LogP contribution < -0.4 is 0 Å². The molecule has 21 heavy (non-hydrogen) atoms. The van der Waals surface area contributed by atoms with Gasteiger partial charge in [-0.25, -0.2) is 4.39 Å².